The van der Waals surface area contributed by atoms with Crippen LogP contribution in [0.3, 0.4) is 0 Å². The van der Waals surface area contributed by atoms with Gasteiger partial charge in [-0.1, -0.05) is 32.0 Å². The lowest BCUT2D eigenvalue weighted by Gasteiger charge is -2.36. The molecule has 10 heteroatoms. The summed E-state index contributed by atoms with van der Waals surface area (Å²) in [5.41, 5.74) is 0.505. The molecule has 2 saturated heterocycles. The van der Waals surface area contributed by atoms with Gasteiger partial charge in [0.25, 0.3) is 0 Å². The molecular weight excluding hydrogens is 496 g/mol. The first-order valence-electron chi connectivity index (χ1n) is 14.1. The molecule has 1 spiro atoms. The van der Waals surface area contributed by atoms with Crippen LogP contribution in [0, 0.1) is 17.2 Å². The van der Waals surface area contributed by atoms with Gasteiger partial charge in [-0.25, -0.2) is 4.79 Å². The molecule has 2 N–H and O–H groups in total. The van der Waals surface area contributed by atoms with Gasteiger partial charge in [0, 0.05) is 38.3 Å². The summed E-state index contributed by atoms with van der Waals surface area (Å²) in [6.07, 6.45) is 3.59. The van der Waals surface area contributed by atoms with Gasteiger partial charge in [-0.3, -0.25) is 14.4 Å². The summed E-state index contributed by atoms with van der Waals surface area (Å²) in [6.45, 7) is 9.10. The molecule has 0 unspecified atom stereocenters. The maximum atomic E-state index is 14.2. The molecule has 0 bridgehead atoms. The molecule has 0 saturated carbocycles. The van der Waals surface area contributed by atoms with E-state index >= 15 is 0 Å². The number of amides is 5. The van der Waals surface area contributed by atoms with Crippen LogP contribution in [-0.4, -0.2) is 82.8 Å². The summed E-state index contributed by atoms with van der Waals surface area (Å²) in [6, 6.07) is 6.93. The Morgan fingerprint density at radius 3 is 2.51 bits per heavy atom. The zero-order valence-corrected chi connectivity index (χ0v) is 23.4. The normalized spacial score (nSPS) is 23.7. The zero-order chi connectivity index (χ0) is 28.3. The van der Waals surface area contributed by atoms with Gasteiger partial charge in [-0.05, 0) is 57.1 Å². The summed E-state index contributed by atoms with van der Waals surface area (Å²) in [5.74, 6) is -0.800. The van der Waals surface area contributed by atoms with Crippen LogP contribution in [0.2, 0.25) is 0 Å². The van der Waals surface area contributed by atoms with Crippen LogP contribution >= 0.6 is 0 Å². The Labute approximate surface area is 230 Å². The lowest BCUT2D eigenvalue weighted by molar-refractivity contribution is -0.147. The molecule has 3 aliphatic heterocycles. The molecule has 10 nitrogen and oxygen atoms in total. The Hall–Kier alpha value is -3.61. The third-order valence-corrected chi connectivity index (χ3v) is 8.25. The minimum absolute atomic E-state index is 0.0779. The molecule has 3 heterocycles. The number of fused-ring (bicyclic) bond motifs is 2. The molecule has 2 fully saturated rings. The topological polar surface area (TPSA) is 126 Å². The Balaban J connectivity index is 1.56. The Bertz CT molecular complexity index is 1160. The number of hydrogen-bond acceptors (Lipinski definition) is 5. The van der Waals surface area contributed by atoms with Crippen LogP contribution in [0.5, 0.6) is 0 Å². The zero-order valence-electron chi connectivity index (χ0n) is 23.4. The number of carbonyl (C=O) groups is 4. The molecule has 0 aromatic heterocycles. The van der Waals surface area contributed by atoms with Crippen molar-refractivity contribution in [1.82, 2.24) is 20.0 Å². The van der Waals surface area contributed by atoms with E-state index in [1.807, 2.05) is 45.0 Å². The van der Waals surface area contributed by atoms with Crippen molar-refractivity contribution in [3.8, 4) is 6.07 Å². The molecule has 4 atom stereocenters. The fraction of sp³-hybridized carbons (Fsp3) is 0.621. The highest BCUT2D eigenvalue weighted by molar-refractivity contribution is 6.07. The smallest absolute Gasteiger partial charge is 0.318 e. The van der Waals surface area contributed by atoms with E-state index in [0.717, 1.165) is 24.8 Å². The first kappa shape index (κ1) is 28.4. The average molecular weight is 537 g/mol. The molecule has 39 heavy (non-hydrogen) atoms. The minimum Gasteiger partial charge on any atom is -0.329 e. The first-order valence-corrected chi connectivity index (χ1v) is 14.1. The molecule has 4 rings (SSSR count). The molecule has 210 valence electrons. The summed E-state index contributed by atoms with van der Waals surface area (Å²) >= 11 is 0. The van der Waals surface area contributed by atoms with Crippen LogP contribution in [0.4, 0.5) is 10.5 Å². The van der Waals surface area contributed by atoms with Crippen LogP contribution in [0.25, 0.3) is 0 Å². The van der Waals surface area contributed by atoms with E-state index in [2.05, 4.69) is 16.7 Å². The fourth-order valence-electron chi connectivity index (χ4n) is 6.20. The van der Waals surface area contributed by atoms with Gasteiger partial charge in [0.05, 0.1) is 11.5 Å². The number of likely N-dealkylation sites (N-methyl/N-ethyl adjacent to an activating group) is 1. The second-order valence-corrected chi connectivity index (χ2v) is 11.4. The SMILES string of the molecule is CCN(C(=O)[C@H](C)NC(=O)N1CCCCC1)[C@@H](CC(C)C)C(=O)N1C[C@]2(C[C@H]1C#N)C(=O)Nc1ccccc12. The standard InChI is InChI=1S/C29H40N6O4/c1-5-34(25(36)20(4)31-28(39)33-13-9-6-10-14-33)24(15-19(2)3)26(37)35-18-29(16-21(35)17-30)22-11-7-8-12-23(22)32-27(29)38/h7-8,11-12,19-21,24H,5-6,9-10,13-16,18H2,1-4H3,(H,31,39)(H,32,38)/t20-,21-,24-,29-/m0/s1. The largest absolute Gasteiger partial charge is 0.329 e. The van der Waals surface area contributed by atoms with E-state index in [0.29, 0.717) is 25.2 Å². The molecule has 0 aliphatic carbocycles. The van der Waals surface area contributed by atoms with Crippen molar-refractivity contribution in [3.05, 3.63) is 29.8 Å². The second-order valence-electron chi connectivity index (χ2n) is 11.4. The maximum Gasteiger partial charge on any atom is 0.318 e. The number of nitrogens with one attached hydrogen (secondary N) is 2. The first-order chi connectivity index (χ1) is 18.6. The van der Waals surface area contributed by atoms with Crippen molar-refractivity contribution in [2.24, 2.45) is 5.92 Å². The minimum atomic E-state index is -0.994. The van der Waals surface area contributed by atoms with Crippen LogP contribution < -0.4 is 10.6 Å². The number of benzene rings is 1. The Morgan fingerprint density at radius 2 is 1.87 bits per heavy atom. The molecule has 1 aromatic rings. The number of urea groups is 1. The van der Waals surface area contributed by atoms with E-state index in [4.69, 9.17) is 0 Å². The lowest BCUT2D eigenvalue weighted by Crippen LogP contribution is -2.58. The van der Waals surface area contributed by atoms with E-state index in [1.54, 1.807) is 11.8 Å². The lowest BCUT2D eigenvalue weighted by atomic mass is 9.80. The molecule has 0 radical (unpaired) electrons. The number of piperidine rings is 1. The summed E-state index contributed by atoms with van der Waals surface area (Å²) in [5, 5.41) is 15.8. The predicted octanol–water partition coefficient (Wildman–Crippen LogP) is 2.85. The van der Waals surface area contributed by atoms with Gasteiger partial charge in [0.1, 0.15) is 18.1 Å². The molecule has 5 amide bonds. The van der Waals surface area contributed by atoms with E-state index in [9.17, 15) is 24.4 Å². The quantitative estimate of drug-likeness (QED) is 0.554. The monoisotopic (exact) mass is 536 g/mol. The second kappa shape index (κ2) is 11.6. The summed E-state index contributed by atoms with van der Waals surface area (Å²) in [7, 11) is 0. The van der Waals surface area contributed by atoms with Gasteiger partial charge in [0.15, 0.2) is 0 Å². The molecular formula is C29H40N6O4. The van der Waals surface area contributed by atoms with E-state index in [1.165, 1.54) is 9.80 Å². The number of anilines is 1. The van der Waals surface area contributed by atoms with E-state index in [-0.39, 0.29) is 49.2 Å². The molecule has 1 aromatic carbocycles. The van der Waals surface area contributed by atoms with Crippen molar-refractivity contribution in [3.63, 3.8) is 0 Å². The number of rotatable bonds is 7. The van der Waals surface area contributed by atoms with Crippen molar-refractivity contribution >= 4 is 29.4 Å². The Morgan fingerprint density at radius 1 is 1.18 bits per heavy atom. The Kier molecular flexibility index (Phi) is 8.48. The van der Waals surface area contributed by atoms with Crippen LogP contribution in [0.1, 0.15) is 65.4 Å². The number of nitrogens with zero attached hydrogens (tertiary/aromatic N) is 4. The number of nitriles is 1. The predicted molar refractivity (Wildman–Crippen MR) is 147 cm³/mol. The van der Waals surface area contributed by atoms with Crippen molar-refractivity contribution in [2.45, 2.75) is 83.3 Å². The van der Waals surface area contributed by atoms with Crippen molar-refractivity contribution in [2.75, 3.05) is 31.5 Å². The van der Waals surface area contributed by atoms with Gasteiger partial charge >= 0.3 is 6.03 Å². The number of para-hydroxylation sites is 1. The van der Waals surface area contributed by atoms with Gasteiger partial charge in [-0.2, -0.15) is 5.26 Å². The van der Waals surface area contributed by atoms with Crippen molar-refractivity contribution < 1.29 is 19.2 Å². The highest BCUT2D eigenvalue weighted by Crippen LogP contribution is 2.46. The van der Waals surface area contributed by atoms with Crippen molar-refractivity contribution in [1.29, 1.82) is 5.26 Å². The van der Waals surface area contributed by atoms with Gasteiger partial charge < -0.3 is 25.3 Å². The fourth-order valence-corrected chi connectivity index (χ4v) is 6.20. The molecule has 3 aliphatic rings. The third-order valence-electron chi connectivity index (χ3n) is 8.25. The highest BCUT2D eigenvalue weighted by Gasteiger charge is 2.56. The van der Waals surface area contributed by atoms with Crippen LogP contribution in [-0.2, 0) is 19.8 Å². The number of carbonyl (C=O) groups excluding carboxylic acids is 4. The highest BCUT2D eigenvalue weighted by atomic mass is 16.2. The summed E-state index contributed by atoms with van der Waals surface area (Å²) in [4.78, 5) is 58.5. The third kappa shape index (κ3) is 5.45. The number of likely N-dealkylation sites (tertiary alicyclic amines) is 2. The van der Waals surface area contributed by atoms with Gasteiger partial charge in [-0.15, -0.1) is 0 Å². The summed E-state index contributed by atoms with van der Waals surface area (Å²) < 4.78 is 0. The van der Waals surface area contributed by atoms with Gasteiger partial charge in [0.2, 0.25) is 17.7 Å². The number of hydrogen-bond donors (Lipinski definition) is 2. The van der Waals surface area contributed by atoms with E-state index < -0.39 is 23.5 Å². The maximum absolute atomic E-state index is 14.2. The van der Waals surface area contributed by atoms with Crippen LogP contribution in [0.15, 0.2) is 24.3 Å². The average Bonchev–Trinajstić information content (AvgIpc) is 3.46.